The SMILES string of the molecule is Nc1ccc(Cl)c(-c2nc(CC3CCCCO3)no2)c1. The lowest BCUT2D eigenvalue weighted by Crippen LogP contribution is -2.21. The maximum absolute atomic E-state index is 6.12. The zero-order chi connectivity index (χ0) is 13.9. The van der Waals surface area contributed by atoms with Crippen molar-refractivity contribution in [3.8, 4) is 11.5 Å². The normalized spacial score (nSPS) is 19.1. The average Bonchev–Trinajstić information content (AvgIpc) is 2.91. The summed E-state index contributed by atoms with van der Waals surface area (Å²) < 4.78 is 10.9. The third-order valence-corrected chi connectivity index (χ3v) is 3.70. The Morgan fingerprint density at radius 1 is 1.35 bits per heavy atom. The summed E-state index contributed by atoms with van der Waals surface area (Å²) >= 11 is 6.12. The lowest BCUT2D eigenvalue weighted by Gasteiger charge is -2.20. The summed E-state index contributed by atoms with van der Waals surface area (Å²) in [6, 6.07) is 5.19. The lowest BCUT2D eigenvalue weighted by molar-refractivity contribution is 0.0153. The summed E-state index contributed by atoms with van der Waals surface area (Å²) in [5, 5.41) is 4.54. The van der Waals surface area contributed by atoms with E-state index in [1.165, 1.54) is 6.42 Å². The van der Waals surface area contributed by atoms with Gasteiger partial charge < -0.3 is 15.0 Å². The number of nitrogens with two attached hydrogens (primary N) is 1. The lowest BCUT2D eigenvalue weighted by atomic mass is 10.1. The van der Waals surface area contributed by atoms with Crippen LogP contribution < -0.4 is 5.73 Å². The minimum atomic E-state index is 0.186. The molecule has 0 radical (unpaired) electrons. The van der Waals surface area contributed by atoms with Gasteiger partial charge in [0.05, 0.1) is 16.7 Å². The van der Waals surface area contributed by atoms with E-state index in [0.717, 1.165) is 19.4 Å². The van der Waals surface area contributed by atoms with Crippen LogP contribution in [0.2, 0.25) is 5.02 Å². The van der Waals surface area contributed by atoms with Crippen molar-refractivity contribution in [2.45, 2.75) is 31.8 Å². The van der Waals surface area contributed by atoms with Gasteiger partial charge in [0.25, 0.3) is 5.89 Å². The van der Waals surface area contributed by atoms with Gasteiger partial charge >= 0.3 is 0 Å². The molecule has 1 saturated heterocycles. The van der Waals surface area contributed by atoms with Crippen LogP contribution in [0.25, 0.3) is 11.5 Å². The maximum atomic E-state index is 6.12. The highest BCUT2D eigenvalue weighted by Crippen LogP contribution is 2.28. The first-order valence-corrected chi connectivity index (χ1v) is 7.10. The molecule has 1 fully saturated rings. The van der Waals surface area contributed by atoms with Gasteiger partial charge in [-0.15, -0.1) is 0 Å². The molecule has 0 aliphatic carbocycles. The molecule has 0 saturated carbocycles. The molecule has 3 rings (SSSR count). The summed E-state index contributed by atoms with van der Waals surface area (Å²) in [5.41, 5.74) is 7.03. The van der Waals surface area contributed by atoms with E-state index in [1.807, 2.05) is 0 Å². The van der Waals surface area contributed by atoms with Crippen LogP contribution in [0, 0.1) is 0 Å². The van der Waals surface area contributed by atoms with Gasteiger partial charge in [0.2, 0.25) is 0 Å². The van der Waals surface area contributed by atoms with Gasteiger partial charge in [0.15, 0.2) is 5.82 Å². The molecule has 1 atom stereocenters. The summed E-state index contributed by atoms with van der Waals surface area (Å²) in [4.78, 5) is 4.38. The minimum Gasteiger partial charge on any atom is -0.399 e. The molecule has 1 aliphatic heterocycles. The van der Waals surface area contributed by atoms with Crippen LogP contribution in [0.1, 0.15) is 25.1 Å². The summed E-state index contributed by atoms with van der Waals surface area (Å²) in [7, 11) is 0. The maximum Gasteiger partial charge on any atom is 0.259 e. The topological polar surface area (TPSA) is 74.2 Å². The van der Waals surface area contributed by atoms with E-state index in [4.69, 9.17) is 26.6 Å². The number of halogens is 1. The fourth-order valence-corrected chi connectivity index (χ4v) is 2.52. The smallest absolute Gasteiger partial charge is 0.259 e. The van der Waals surface area contributed by atoms with Crippen molar-refractivity contribution in [2.24, 2.45) is 0 Å². The van der Waals surface area contributed by atoms with Crippen molar-refractivity contribution >= 4 is 17.3 Å². The highest BCUT2D eigenvalue weighted by molar-refractivity contribution is 6.33. The predicted octanol–water partition coefficient (Wildman–Crippen LogP) is 3.08. The van der Waals surface area contributed by atoms with E-state index in [0.29, 0.717) is 34.4 Å². The Kier molecular flexibility index (Phi) is 3.89. The minimum absolute atomic E-state index is 0.186. The monoisotopic (exact) mass is 293 g/mol. The standard InChI is InChI=1S/C14H16ClN3O2/c15-12-5-4-9(16)7-11(12)14-17-13(18-20-14)8-10-3-1-2-6-19-10/h4-5,7,10H,1-3,6,8,16H2. The predicted molar refractivity (Wildman–Crippen MR) is 76.5 cm³/mol. The highest BCUT2D eigenvalue weighted by Gasteiger charge is 2.19. The van der Waals surface area contributed by atoms with Gasteiger partial charge in [-0.25, -0.2) is 0 Å². The van der Waals surface area contributed by atoms with Crippen molar-refractivity contribution < 1.29 is 9.26 Å². The summed E-state index contributed by atoms with van der Waals surface area (Å²) in [6.07, 6.45) is 4.22. The molecule has 2 N–H and O–H groups in total. The molecule has 2 heterocycles. The van der Waals surface area contributed by atoms with Crippen molar-refractivity contribution in [3.05, 3.63) is 29.0 Å². The molecule has 1 aromatic carbocycles. The van der Waals surface area contributed by atoms with Crippen LogP contribution >= 0.6 is 11.6 Å². The first-order chi connectivity index (χ1) is 9.72. The number of nitrogen functional groups attached to an aromatic ring is 1. The van der Waals surface area contributed by atoms with E-state index >= 15 is 0 Å². The molecule has 1 unspecified atom stereocenters. The van der Waals surface area contributed by atoms with E-state index in [-0.39, 0.29) is 6.10 Å². The van der Waals surface area contributed by atoms with Crippen molar-refractivity contribution in [1.82, 2.24) is 10.1 Å². The first-order valence-electron chi connectivity index (χ1n) is 6.72. The molecule has 0 spiro atoms. The van der Waals surface area contributed by atoms with Crippen LogP contribution in [-0.2, 0) is 11.2 Å². The fraction of sp³-hybridized carbons (Fsp3) is 0.429. The van der Waals surface area contributed by atoms with Crippen molar-refractivity contribution in [3.63, 3.8) is 0 Å². The van der Waals surface area contributed by atoms with E-state index in [2.05, 4.69) is 10.1 Å². The van der Waals surface area contributed by atoms with Crippen LogP contribution in [0.15, 0.2) is 22.7 Å². The third-order valence-electron chi connectivity index (χ3n) is 3.37. The Morgan fingerprint density at radius 3 is 3.05 bits per heavy atom. The quantitative estimate of drug-likeness (QED) is 0.880. The Hall–Kier alpha value is -1.59. The number of hydrogen-bond donors (Lipinski definition) is 1. The van der Waals surface area contributed by atoms with Crippen molar-refractivity contribution in [2.75, 3.05) is 12.3 Å². The molecule has 5 nitrogen and oxygen atoms in total. The van der Waals surface area contributed by atoms with Crippen LogP contribution in [-0.4, -0.2) is 22.9 Å². The number of aromatic nitrogens is 2. The molecular weight excluding hydrogens is 278 g/mol. The van der Waals surface area contributed by atoms with Gasteiger partial charge in [0, 0.05) is 18.7 Å². The second-order valence-corrected chi connectivity index (χ2v) is 5.35. The van der Waals surface area contributed by atoms with Gasteiger partial charge in [-0.05, 0) is 37.5 Å². The number of ether oxygens (including phenoxy) is 1. The fourth-order valence-electron chi connectivity index (χ4n) is 2.33. The summed E-state index contributed by atoms with van der Waals surface area (Å²) in [5.74, 6) is 1.04. The van der Waals surface area contributed by atoms with Crippen molar-refractivity contribution in [1.29, 1.82) is 0 Å². The zero-order valence-electron chi connectivity index (χ0n) is 11.0. The van der Waals surface area contributed by atoms with Gasteiger partial charge in [-0.1, -0.05) is 16.8 Å². The van der Waals surface area contributed by atoms with Gasteiger partial charge in [-0.3, -0.25) is 0 Å². The molecule has 1 aromatic heterocycles. The van der Waals surface area contributed by atoms with Crippen LogP contribution in [0.5, 0.6) is 0 Å². The zero-order valence-corrected chi connectivity index (χ0v) is 11.8. The van der Waals surface area contributed by atoms with E-state index in [9.17, 15) is 0 Å². The molecule has 0 amide bonds. The number of hydrogen-bond acceptors (Lipinski definition) is 5. The second kappa shape index (κ2) is 5.81. The number of benzene rings is 1. The van der Waals surface area contributed by atoms with E-state index < -0.39 is 0 Å². The molecule has 6 heteroatoms. The Balaban J connectivity index is 1.77. The second-order valence-electron chi connectivity index (χ2n) is 4.95. The summed E-state index contributed by atoms with van der Waals surface area (Å²) in [6.45, 7) is 0.816. The molecule has 2 aromatic rings. The average molecular weight is 294 g/mol. The molecule has 106 valence electrons. The first kappa shape index (κ1) is 13.4. The number of anilines is 1. The third kappa shape index (κ3) is 2.94. The van der Waals surface area contributed by atoms with E-state index in [1.54, 1.807) is 18.2 Å². The molecular formula is C14H16ClN3O2. The Labute approximate surface area is 122 Å². The molecule has 0 bridgehead atoms. The Bertz CT molecular complexity index is 594. The highest BCUT2D eigenvalue weighted by atomic mass is 35.5. The Morgan fingerprint density at radius 2 is 2.25 bits per heavy atom. The number of rotatable bonds is 3. The molecule has 1 aliphatic rings. The van der Waals surface area contributed by atoms with Gasteiger partial charge in [-0.2, -0.15) is 4.98 Å². The molecule has 20 heavy (non-hydrogen) atoms. The van der Waals surface area contributed by atoms with Gasteiger partial charge in [0.1, 0.15) is 0 Å². The van der Waals surface area contributed by atoms with Crippen LogP contribution in [0.4, 0.5) is 5.69 Å². The largest absolute Gasteiger partial charge is 0.399 e. The van der Waals surface area contributed by atoms with Crippen LogP contribution in [0.3, 0.4) is 0 Å². The number of nitrogens with zero attached hydrogens (tertiary/aromatic N) is 2.